The fraction of sp³-hybridized carbons (Fsp3) is 0.429. The molecule has 1 aliphatic heterocycles. The number of unbranched alkanes of at least 4 members (excludes halogenated alkanes) is 1. The van der Waals surface area contributed by atoms with Gasteiger partial charge in [-0.05, 0) is 31.9 Å². The molecular formula is C21H25Cl2NO5. The fourth-order valence-electron chi connectivity index (χ4n) is 3.22. The Bertz CT molecular complexity index is 847. The van der Waals surface area contributed by atoms with E-state index in [4.69, 9.17) is 32.7 Å². The minimum absolute atomic E-state index is 0.0194. The molecule has 1 heterocycles. The van der Waals surface area contributed by atoms with E-state index < -0.39 is 17.9 Å². The standard InChI is InChI=1S/C21H25Cl2NO5/c1-4-5-9-28-10-11-29-21(27)17-13(3)24-12(2)16(20(25)26)18(17)14-7-6-8-15(22)19(14)23/h6-8,18,24H,4-5,9-11H2,1-3H3,(H,25,26). The summed E-state index contributed by atoms with van der Waals surface area (Å²) in [7, 11) is 0. The maximum absolute atomic E-state index is 12.9. The number of allylic oxidation sites excluding steroid dienone is 2. The normalized spacial score (nSPS) is 16.7. The third-order valence-electron chi connectivity index (χ3n) is 4.61. The molecule has 1 aromatic carbocycles. The zero-order valence-electron chi connectivity index (χ0n) is 16.7. The molecule has 1 aliphatic rings. The molecule has 2 rings (SSSR count). The number of benzene rings is 1. The van der Waals surface area contributed by atoms with Gasteiger partial charge in [0.1, 0.15) is 6.61 Å². The van der Waals surface area contributed by atoms with Crippen molar-refractivity contribution in [3.8, 4) is 0 Å². The number of carboxylic acids is 1. The average molecular weight is 442 g/mol. The number of nitrogens with one attached hydrogen (secondary N) is 1. The number of carboxylic acid groups (broad SMARTS) is 1. The summed E-state index contributed by atoms with van der Waals surface area (Å²) in [4.78, 5) is 24.9. The van der Waals surface area contributed by atoms with Crippen molar-refractivity contribution in [2.45, 2.75) is 39.5 Å². The average Bonchev–Trinajstić information content (AvgIpc) is 2.65. The number of ether oxygens (including phenoxy) is 2. The molecule has 0 bridgehead atoms. The number of aliphatic carboxylic acids is 1. The van der Waals surface area contributed by atoms with Crippen LogP contribution in [0.3, 0.4) is 0 Å². The second-order valence-corrected chi connectivity index (χ2v) is 7.47. The molecule has 29 heavy (non-hydrogen) atoms. The van der Waals surface area contributed by atoms with E-state index >= 15 is 0 Å². The van der Waals surface area contributed by atoms with Crippen LogP contribution in [0.25, 0.3) is 0 Å². The topological polar surface area (TPSA) is 84.9 Å². The summed E-state index contributed by atoms with van der Waals surface area (Å²) in [5.74, 6) is -2.69. The molecule has 1 aromatic rings. The maximum Gasteiger partial charge on any atom is 0.336 e. The zero-order chi connectivity index (χ0) is 21.6. The molecule has 8 heteroatoms. The van der Waals surface area contributed by atoms with Crippen LogP contribution in [-0.4, -0.2) is 36.9 Å². The first-order valence-corrected chi connectivity index (χ1v) is 10.2. The summed E-state index contributed by atoms with van der Waals surface area (Å²) in [6.45, 7) is 6.34. The Morgan fingerprint density at radius 2 is 1.79 bits per heavy atom. The monoisotopic (exact) mass is 441 g/mol. The van der Waals surface area contributed by atoms with E-state index in [2.05, 4.69) is 12.2 Å². The first-order chi connectivity index (χ1) is 13.8. The van der Waals surface area contributed by atoms with Crippen LogP contribution in [0.15, 0.2) is 40.7 Å². The lowest BCUT2D eigenvalue weighted by Gasteiger charge is -2.30. The Morgan fingerprint density at radius 3 is 2.45 bits per heavy atom. The minimum atomic E-state index is -1.16. The van der Waals surface area contributed by atoms with Crippen molar-refractivity contribution in [1.29, 1.82) is 0 Å². The Balaban J connectivity index is 2.35. The quantitative estimate of drug-likeness (QED) is 0.427. The van der Waals surface area contributed by atoms with E-state index in [1.54, 1.807) is 32.0 Å². The van der Waals surface area contributed by atoms with Gasteiger partial charge in [-0.25, -0.2) is 9.59 Å². The number of esters is 1. The van der Waals surface area contributed by atoms with Gasteiger partial charge in [0.2, 0.25) is 0 Å². The maximum atomic E-state index is 12.9. The van der Waals surface area contributed by atoms with Gasteiger partial charge < -0.3 is 19.9 Å². The minimum Gasteiger partial charge on any atom is -0.478 e. The van der Waals surface area contributed by atoms with Gasteiger partial charge in [-0.2, -0.15) is 0 Å². The zero-order valence-corrected chi connectivity index (χ0v) is 18.2. The van der Waals surface area contributed by atoms with Gasteiger partial charge in [-0.3, -0.25) is 0 Å². The first kappa shape index (κ1) is 23.3. The molecule has 0 amide bonds. The molecule has 1 unspecified atom stereocenters. The van der Waals surface area contributed by atoms with Gasteiger partial charge in [0, 0.05) is 18.0 Å². The molecule has 6 nitrogen and oxygen atoms in total. The van der Waals surface area contributed by atoms with Gasteiger partial charge in [0.25, 0.3) is 0 Å². The van der Waals surface area contributed by atoms with Crippen LogP contribution >= 0.6 is 23.2 Å². The summed E-state index contributed by atoms with van der Waals surface area (Å²) in [5.41, 5.74) is 1.57. The van der Waals surface area contributed by atoms with Crippen molar-refractivity contribution in [2.24, 2.45) is 0 Å². The van der Waals surface area contributed by atoms with Crippen LogP contribution < -0.4 is 5.32 Å². The Kier molecular flexibility index (Phi) is 8.56. The lowest BCUT2D eigenvalue weighted by molar-refractivity contribution is -0.141. The first-order valence-electron chi connectivity index (χ1n) is 9.40. The van der Waals surface area contributed by atoms with Crippen LogP contribution in [0.5, 0.6) is 0 Å². The van der Waals surface area contributed by atoms with Crippen LogP contribution in [0.2, 0.25) is 10.0 Å². The summed E-state index contributed by atoms with van der Waals surface area (Å²) in [6, 6.07) is 4.93. The molecule has 0 saturated carbocycles. The summed E-state index contributed by atoms with van der Waals surface area (Å²) in [6.07, 6.45) is 1.95. The highest BCUT2D eigenvalue weighted by molar-refractivity contribution is 6.42. The van der Waals surface area contributed by atoms with E-state index in [-0.39, 0.29) is 34.4 Å². The molecule has 0 fully saturated rings. The molecular weight excluding hydrogens is 417 g/mol. The van der Waals surface area contributed by atoms with E-state index in [1.807, 2.05) is 0 Å². The van der Waals surface area contributed by atoms with Crippen molar-refractivity contribution < 1.29 is 24.2 Å². The van der Waals surface area contributed by atoms with Crippen LogP contribution in [0.1, 0.15) is 45.1 Å². The lowest BCUT2D eigenvalue weighted by Crippen LogP contribution is -2.32. The largest absolute Gasteiger partial charge is 0.478 e. The van der Waals surface area contributed by atoms with Gasteiger partial charge in [-0.1, -0.05) is 48.7 Å². The highest BCUT2D eigenvalue weighted by atomic mass is 35.5. The number of halogens is 2. The fourth-order valence-corrected chi connectivity index (χ4v) is 3.64. The van der Waals surface area contributed by atoms with Crippen molar-refractivity contribution in [2.75, 3.05) is 19.8 Å². The number of hydrogen-bond acceptors (Lipinski definition) is 5. The number of dihydropyridines is 1. The molecule has 0 saturated heterocycles. The highest BCUT2D eigenvalue weighted by Gasteiger charge is 2.38. The predicted octanol–water partition coefficient (Wildman–Crippen LogP) is 4.67. The van der Waals surface area contributed by atoms with Crippen molar-refractivity contribution >= 4 is 35.1 Å². The van der Waals surface area contributed by atoms with Crippen molar-refractivity contribution in [3.05, 3.63) is 56.3 Å². The third kappa shape index (κ3) is 5.53. The lowest BCUT2D eigenvalue weighted by atomic mass is 9.80. The molecule has 0 aliphatic carbocycles. The molecule has 2 N–H and O–H groups in total. The van der Waals surface area contributed by atoms with Crippen LogP contribution in [0, 0.1) is 0 Å². The van der Waals surface area contributed by atoms with Crippen molar-refractivity contribution in [3.63, 3.8) is 0 Å². The summed E-state index contributed by atoms with van der Waals surface area (Å²) < 4.78 is 10.8. The molecule has 0 spiro atoms. The summed E-state index contributed by atoms with van der Waals surface area (Å²) >= 11 is 12.5. The molecule has 1 atom stereocenters. The van der Waals surface area contributed by atoms with Crippen molar-refractivity contribution in [1.82, 2.24) is 5.32 Å². The highest BCUT2D eigenvalue weighted by Crippen LogP contribution is 2.43. The Labute approximate surface area is 180 Å². The van der Waals surface area contributed by atoms with E-state index in [9.17, 15) is 14.7 Å². The number of rotatable bonds is 9. The van der Waals surface area contributed by atoms with Crippen LogP contribution in [-0.2, 0) is 19.1 Å². The van der Waals surface area contributed by atoms with Gasteiger partial charge in [0.15, 0.2) is 0 Å². The molecule has 0 radical (unpaired) electrons. The number of carbonyl (C=O) groups excluding carboxylic acids is 1. The van der Waals surface area contributed by atoms with E-state index in [0.29, 0.717) is 23.6 Å². The summed E-state index contributed by atoms with van der Waals surface area (Å²) in [5, 5.41) is 13.3. The molecule has 158 valence electrons. The smallest absolute Gasteiger partial charge is 0.336 e. The van der Waals surface area contributed by atoms with Crippen LogP contribution in [0.4, 0.5) is 0 Å². The second-order valence-electron chi connectivity index (χ2n) is 6.69. The number of hydrogen-bond donors (Lipinski definition) is 2. The van der Waals surface area contributed by atoms with E-state index in [0.717, 1.165) is 12.8 Å². The Hall–Kier alpha value is -2.02. The SMILES string of the molecule is CCCCOCCOC(=O)C1=C(C)NC(C)=C(C(=O)O)C1c1cccc(Cl)c1Cl. The predicted molar refractivity (Wildman–Crippen MR) is 112 cm³/mol. The second kappa shape index (κ2) is 10.7. The molecule has 0 aromatic heterocycles. The Morgan fingerprint density at radius 1 is 1.10 bits per heavy atom. The van der Waals surface area contributed by atoms with Gasteiger partial charge in [0.05, 0.1) is 33.7 Å². The van der Waals surface area contributed by atoms with E-state index in [1.165, 1.54) is 0 Å². The third-order valence-corrected chi connectivity index (χ3v) is 5.44. The van der Waals surface area contributed by atoms with Gasteiger partial charge >= 0.3 is 11.9 Å². The van der Waals surface area contributed by atoms with Gasteiger partial charge in [-0.15, -0.1) is 0 Å². The number of carbonyl (C=O) groups is 2.